The molecule has 1 aromatic carbocycles. The highest BCUT2D eigenvalue weighted by atomic mass is 32.1. The van der Waals surface area contributed by atoms with Crippen molar-refractivity contribution in [2.24, 2.45) is 0 Å². The first-order valence-electron chi connectivity index (χ1n) is 10.8. The van der Waals surface area contributed by atoms with E-state index in [1.165, 1.54) is 4.88 Å². The van der Waals surface area contributed by atoms with Crippen molar-refractivity contribution >= 4 is 34.6 Å². The predicted octanol–water partition coefficient (Wildman–Crippen LogP) is 3.02. The molecule has 0 aliphatic carbocycles. The summed E-state index contributed by atoms with van der Waals surface area (Å²) in [5, 5.41) is 8.89. The molecule has 1 fully saturated rings. The highest BCUT2D eigenvalue weighted by molar-refractivity contribution is 7.80. The van der Waals surface area contributed by atoms with Crippen molar-refractivity contribution < 1.29 is 9.53 Å². The van der Waals surface area contributed by atoms with Crippen LogP contribution in [0.4, 0.5) is 0 Å². The summed E-state index contributed by atoms with van der Waals surface area (Å²) in [6.07, 6.45) is 1.02. The molecule has 0 saturated carbocycles. The average molecular weight is 461 g/mol. The minimum Gasteiger partial charge on any atom is -0.379 e. The number of ether oxygens (including phenoxy) is 1. The Balaban J connectivity index is 1.46. The van der Waals surface area contributed by atoms with E-state index in [2.05, 4.69) is 37.9 Å². The second-order valence-corrected chi connectivity index (χ2v) is 9.09. The van der Waals surface area contributed by atoms with Gasteiger partial charge in [0.25, 0.3) is 0 Å². The maximum atomic E-state index is 12.4. The molecule has 1 amide bonds. The Morgan fingerprint density at radius 3 is 2.71 bits per heavy atom. The van der Waals surface area contributed by atoms with Gasteiger partial charge in [0.1, 0.15) is 0 Å². The van der Waals surface area contributed by atoms with Gasteiger partial charge in [-0.2, -0.15) is 0 Å². The van der Waals surface area contributed by atoms with Gasteiger partial charge in [-0.3, -0.25) is 9.69 Å². The molecule has 1 aliphatic rings. The zero-order chi connectivity index (χ0) is 21.9. The van der Waals surface area contributed by atoms with Crippen LogP contribution in [-0.4, -0.2) is 66.8 Å². The maximum absolute atomic E-state index is 12.4. The van der Waals surface area contributed by atoms with Gasteiger partial charge in [0.15, 0.2) is 5.11 Å². The van der Waals surface area contributed by atoms with Crippen LogP contribution in [0.5, 0.6) is 0 Å². The van der Waals surface area contributed by atoms with Gasteiger partial charge in [0.05, 0.1) is 32.3 Å². The number of carbonyl (C=O) groups excluding carboxylic acids is 1. The molecule has 0 bridgehead atoms. The van der Waals surface area contributed by atoms with Gasteiger partial charge in [-0.1, -0.05) is 36.4 Å². The summed E-state index contributed by atoms with van der Waals surface area (Å²) >= 11 is 7.38. The first-order valence-corrected chi connectivity index (χ1v) is 12.1. The van der Waals surface area contributed by atoms with Crippen LogP contribution in [0, 0.1) is 0 Å². The summed E-state index contributed by atoms with van der Waals surface area (Å²) in [5.41, 5.74) is 1.08. The third kappa shape index (κ3) is 8.22. The molecule has 2 aromatic rings. The van der Waals surface area contributed by atoms with Crippen molar-refractivity contribution in [2.45, 2.75) is 25.9 Å². The molecule has 31 heavy (non-hydrogen) atoms. The van der Waals surface area contributed by atoms with E-state index in [-0.39, 0.29) is 18.5 Å². The van der Waals surface area contributed by atoms with E-state index < -0.39 is 0 Å². The van der Waals surface area contributed by atoms with E-state index in [1.54, 1.807) is 11.3 Å². The first-order chi connectivity index (χ1) is 15.1. The molecule has 1 aliphatic heterocycles. The van der Waals surface area contributed by atoms with Crippen molar-refractivity contribution in [3.05, 3.63) is 58.3 Å². The van der Waals surface area contributed by atoms with Crippen LogP contribution in [0.15, 0.2) is 47.8 Å². The van der Waals surface area contributed by atoms with Crippen LogP contribution in [0.2, 0.25) is 0 Å². The van der Waals surface area contributed by atoms with E-state index in [1.807, 2.05) is 37.3 Å². The smallest absolute Gasteiger partial charge is 0.239 e. The van der Waals surface area contributed by atoms with Gasteiger partial charge in [-0.15, -0.1) is 11.3 Å². The molecule has 1 saturated heterocycles. The number of carbonyl (C=O) groups is 1. The second-order valence-electron chi connectivity index (χ2n) is 7.67. The number of hydrogen-bond acceptors (Lipinski definition) is 5. The molecule has 3 rings (SSSR count). The Hall–Kier alpha value is -2.00. The SMILES string of the molecule is CC(NC(=O)CNC(=S)N(CCCN1CCOCC1)Cc1cccs1)c1ccccc1. The van der Waals surface area contributed by atoms with Crippen LogP contribution >= 0.6 is 23.6 Å². The van der Waals surface area contributed by atoms with E-state index in [0.29, 0.717) is 5.11 Å². The van der Waals surface area contributed by atoms with Crippen molar-refractivity contribution in [1.82, 2.24) is 20.4 Å². The molecule has 1 aromatic heterocycles. The van der Waals surface area contributed by atoms with Gasteiger partial charge in [-0.25, -0.2) is 0 Å². The van der Waals surface area contributed by atoms with Crippen LogP contribution in [0.1, 0.15) is 29.8 Å². The molecule has 0 spiro atoms. The Kier molecular flexibility index (Phi) is 9.74. The fraction of sp³-hybridized carbons (Fsp3) is 0.478. The fourth-order valence-electron chi connectivity index (χ4n) is 3.54. The minimum atomic E-state index is -0.0666. The number of nitrogens with zero attached hydrogens (tertiary/aromatic N) is 2. The summed E-state index contributed by atoms with van der Waals surface area (Å²) < 4.78 is 5.43. The topological polar surface area (TPSA) is 56.8 Å². The number of nitrogens with one attached hydrogen (secondary N) is 2. The molecular formula is C23H32N4O2S2. The molecule has 2 N–H and O–H groups in total. The molecule has 2 heterocycles. The van der Waals surface area contributed by atoms with Crippen molar-refractivity contribution in [2.75, 3.05) is 45.9 Å². The van der Waals surface area contributed by atoms with E-state index in [0.717, 1.165) is 57.9 Å². The quantitative estimate of drug-likeness (QED) is 0.532. The van der Waals surface area contributed by atoms with Gasteiger partial charge in [0, 0.05) is 31.1 Å². The number of thiocarbonyl (C=S) groups is 1. The Bertz CT molecular complexity index is 795. The predicted molar refractivity (Wildman–Crippen MR) is 130 cm³/mol. The Labute approximate surface area is 194 Å². The van der Waals surface area contributed by atoms with Crippen LogP contribution < -0.4 is 10.6 Å². The largest absolute Gasteiger partial charge is 0.379 e. The van der Waals surface area contributed by atoms with Crippen molar-refractivity contribution in [1.29, 1.82) is 0 Å². The van der Waals surface area contributed by atoms with E-state index in [4.69, 9.17) is 17.0 Å². The van der Waals surface area contributed by atoms with Gasteiger partial charge in [0.2, 0.25) is 5.91 Å². The number of benzene rings is 1. The molecule has 1 unspecified atom stereocenters. The standard InChI is InChI=1S/C23H32N4O2S2/c1-19(20-7-3-2-4-8-20)25-22(28)17-24-23(30)27(18-21-9-5-16-31-21)11-6-10-26-12-14-29-15-13-26/h2-5,7-9,16,19H,6,10-15,17-18H2,1H3,(H,24,30)(H,25,28). The lowest BCUT2D eigenvalue weighted by atomic mass is 10.1. The Morgan fingerprint density at radius 2 is 2.00 bits per heavy atom. The normalized spacial score (nSPS) is 15.3. The van der Waals surface area contributed by atoms with Gasteiger partial charge >= 0.3 is 0 Å². The molecule has 0 radical (unpaired) electrons. The maximum Gasteiger partial charge on any atom is 0.239 e. The molecule has 6 nitrogen and oxygen atoms in total. The second kappa shape index (κ2) is 12.8. The van der Waals surface area contributed by atoms with Gasteiger partial charge in [-0.05, 0) is 42.6 Å². The molecular weight excluding hydrogens is 428 g/mol. The van der Waals surface area contributed by atoms with E-state index in [9.17, 15) is 4.79 Å². The lowest BCUT2D eigenvalue weighted by Crippen LogP contribution is -2.45. The van der Waals surface area contributed by atoms with Crippen LogP contribution in [-0.2, 0) is 16.1 Å². The monoisotopic (exact) mass is 460 g/mol. The summed E-state index contributed by atoms with van der Waals surface area (Å²) in [4.78, 5) is 18.3. The highest BCUT2D eigenvalue weighted by Crippen LogP contribution is 2.13. The minimum absolute atomic E-state index is 0.0418. The van der Waals surface area contributed by atoms with E-state index >= 15 is 0 Å². The number of thiophene rings is 1. The summed E-state index contributed by atoms with van der Waals surface area (Å²) in [7, 11) is 0. The molecule has 8 heteroatoms. The number of hydrogen-bond donors (Lipinski definition) is 2. The lowest BCUT2D eigenvalue weighted by molar-refractivity contribution is -0.120. The lowest BCUT2D eigenvalue weighted by Gasteiger charge is -2.29. The van der Waals surface area contributed by atoms with Gasteiger partial charge < -0.3 is 20.3 Å². The zero-order valence-corrected chi connectivity index (χ0v) is 19.7. The fourth-order valence-corrected chi connectivity index (χ4v) is 4.49. The summed E-state index contributed by atoms with van der Waals surface area (Å²) in [6.45, 7) is 8.41. The molecule has 168 valence electrons. The van der Waals surface area contributed by atoms with Crippen LogP contribution in [0.3, 0.4) is 0 Å². The highest BCUT2D eigenvalue weighted by Gasteiger charge is 2.15. The summed E-state index contributed by atoms with van der Waals surface area (Å²) in [6, 6.07) is 14.1. The molecule has 1 atom stereocenters. The third-order valence-electron chi connectivity index (χ3n) is 5.30. The van der Waals surface area contributed by atoms with Crippen LogP contribution in [0.25, 0.3) is 0 Å². The van der Waals surface area contributed by atoms with Crippen molar-refractivity contribution in [3.63, 3.8) is 0 Å². The summed E-state index contributed by atoms with van der Waals surface area (Å²) in [5.74, 6) is -0.0666. The average Bonchev–Trinajstić information content (AvgIpc) is 3.31. The third-order valence-corrected chi connectivity index (χ3v) is 6.56. The number of rotatable bonds is 10. The number of amides is 1. The Morgan fingerprint density at radius 1 is 1.23 bits per heavy atom. The number of morpholine rings is 1. The van der Waals surface area contributed by atoms with Crippen molar-refractivity contribution in [3.8, 4) is 0 Å². The zero-order valence-electron chi connectivity index (χ0n) is 18.1. The first kappa shape index (κ1) is 23.7.